The molecule has 0 saturated heterocycles. The predicted octanol–water partition coefficient (Wildman–Crippen LogP) is 2.76. The molecule has 5 heteroatoms. The minimum atomic E-state index is -0.152. The molecule has 0 unspecified atom stereocenters. The molecule has 1 aromatic rings. The predicted molar refractivity (Wildman–Crippen MR) is 62.4 cm³/mol. The van der Waals surface area contributed by atoms with Gasteiger partial charge in [0.15, 0.2) is 0 Å². The number of urea groups is 1. The topological polar surface area (TPSA) is 32.3 Å². The summed E-state index contributed by atoms with van der Waals surface area (Å²) in [6.45, 7) is 0.454. The molecule has 82 valence electrons. The number of nitrogens with one attached hydrogen (secondary N) is 1. The Labute approximate surface area is 99.0 Å². The Balaban J connectivity index is 2.76. The largest absolute Gasteiger partial charge is 0.341 e. The molecule has 0 fully saturated rings. The van der Waals surface area contributed by atoms with Crippen LogP contribution in [-0.4, -0.2) is 25.0 Å². The molecular weight excluding hydrogens is 235 g/mol. The summed E-state index contributed by atoms with van der Waals surface area (Å²) in [5, 5.41) is 3.69. The molecule has 0 atom stereocenters. The molecular formula is C10H12Cl2N2O. The number of rotatable bonds is 2. The number of carbonyl (C=O) groups excluding carboxylic acids is 1. The van der Waals surface area contributed by atoms with E-state index in [2.05, 4.69) is 5.32 Å². The highest BCUT2D eigenvalue weighted by Gasteiger charge is 2.09. The number of hydrogen-bond donors (Lipinski definition) is 1. The molecule has 0 spiro atoms. The van der Waals surface area contributed by atoms with Crippen LogP contribution >= 0.6 is 23.2 Å². The van der Waals surface area contributed by atoms with Gasteiger partial charge in [-0.25, -0.2) is 4.79 Å². The van der Waals surface area contributed by atoms with Crippen molar-refractivity contribution in [3.63, 3.8) is 0 Å². The van der Waals surface area contributed by atoms with Crippen LogP contribution in [0.4, 0.5) is 4.79 Å². The van der Waals surface area contributed by atoms with E-state index in [1.807, 2.05) is 6.07 Å². The maximum absolute atomic E-state index is 11.2. The van der Waals surface area contributed by atoms with E-state index in [0.717, 1.165) is 5.56 Å². The number of hydrogen-bond acceptors (Lipinski definition) is 1. The number of amides is 2. The second kappa shape index (κ2) is 5.24. The Morgan fingerprint density at radius 3 is 2.67 bits per heavy atom. The van der Waals surface area contributed by atoms with Crippen molar-refractivity contribution in [1.29, 1.82) is 0 Å². The zero-order valence-electron chi connectivity index (χ0n) is 8.55. The van der Waals surface area contributed by atoms with Crippen LogP contribution in [-0.2, 0) is 6.54 Å². The van der Waals surface area contributed by atoms with Crippen LogP contribution < -0.4 is 5.32 Å². The standard InChI is InChI=1S/C10H12Cl2N2O/c1-13-10(15)14(2)6-7-3-4-8(11)5-9(7)12/h3-5H,6H2,1-2H3,(H,13,15). The molecule has 0 aromatic heterocycles. The summed E-state index contributed by atoms with van der Waals surface area (Å²) < 4.78 is 0. The minimum Gasteiger partial charge on any atom is -0.341 e. The van der Waals surface area contributed by atoms with Gasteiger partial charge in [0.2, 0.25) is 0 Å². The van der Waals surface area contributed by atoms with Gasteiger partial charge in [0.1, 0.15) is 0 Å². The molecule has 0 bridgehead atoms. The van der Waals surface area contributed by atoms with E-state index in [1.54, 1.807) is 26.2 Å². The summed E-state index contributed by atoms with van der Waals surface area (Å²) in [6, 6.07) is 5.07. The van der Waals surface area contributed by atoms with Crippen LogP contribution in [0.1, 0.15) is 5.56 Å². The third kappa shape index (κ3) is 3.29. The van der Waals surface area contributed by atoms with E-state index < -0.39 is 0 Å². The first-order valence-corrected chi connectivity index (χ1v) is 5.17. The highest BCUT2D eigenvalue weighted by molar-refractivity contribution is 6.35. The number of nitrogens with zero attached hydrogens (tertiary/aromatic N) is 1. The van der Waals surface area contributed by atoms with Crippen molar-refractivity contribution in [3.8, 4) is 0 Å². The summed E-state index contributed by atoms with van der Waals surface area (Å²) in [7, 11) is 3.28. The molecule has 0 aliphatic heterocycles. The van der Waals surface area contributed by atoms with Gasteiger partial charge in [-0.15, -0.1) is 0 Å². The van der Waals surface area contributed by atoms with E-state index in [0.29, 0.717) is 16.6 Å². The van der Waals surface area contributed by atoms with Gasteiger partial charge in [0.25, 0.3) is 0 Å². The normalized spacial score (nSPS) is 9.87. The van der Waals surface area contributed by atoms with Gasteiger partial charge in [-0.1, -0.05) is 29.3 Å². The van der Waals surface area contributed by atoms with Crippen LogP contribution in [0.5, 0.6) is 0 Å². The van der Waals surface area contributed by atoms with E-state index in [-0.39, 0.29) is 6.03 Å². The lowest BCUT2D eigenvalue weighted by molar-refractivity contribution is 0.209. The van der Waals surface area contributed by atoms with Crippen molar-refractivity contribution < 1.29 is 4.79 Å². The summed E-state index contributed by atoms with van der Waals surface area (Å²) in [5.41, 5.74) is 0.868. The Morgan fingerprint density at radius 1 is 1.47 bits per heavy atom. The number of benzene rings is 1. The SMILES string of the molecule is CNC(=O)N(C)Cc1ccc(Cl)cc1Cl. The first-order chi connectivity index (χ1) is 7.04. The second-order valence-corrected chi connectivity index (χ2v) is 3.99. The monoisotopic (exact) mass is 246 g/mol. The Hall–Kier alpha value is -0.930. The average molecular weight is 247 g/mol. The van der Waals surface area contributed by atoms with E-state index >= 15 is 0 Å². The van der Waals surface area contributed by atoms with Gasteiger partial charge in [-0.05, 0) is 17.7 Å². The third-order valence-electron chi connectivity index (χ3n) is 1.98. The molecule has 1 aromatic carbocycles. The lowest BCUT2D eigenvalue weighted by Gasteiger charge is -2.17. The fourth-order valence-corrected chi connectivity index (χ4v) is 1.64. The lowest BCUT2D eigenvalue weighted by Crippen LogP contribution is -2.34. The van der Waals surface area contributed by atoms with Gasteiger partial charge in [-0.2, -0.15) is 0 Å². The van der Waals surface area contributed by atoms with Crippen molar-refractivity contribution in [2.45, 2.75) is 6.54 Å². The van der Waals surface area contributed by atoms with Crippen molar-refractivity contribution in [2.24, 2.45) is 0 Å². The van der Waals surface area contributed by atoms with Crippen LogP contribution in [0.3, 0.4) is 0 Å². The molecule has 2 amide bonds. The van der Waals surface area contributed by atoms with Crippen molar-refractivity contribution >= 4 is 29.2 Å². The van der Waals surface area contributed by atoms with Crippen LogP contribution in [0, 0.1) is 0 Å². The molecule has 0 heterocycles. The first-order valence-electron chi connectivity index (χ1n) is 4.41. The zero-order chi connectivity index (χ0) is 11.4. The van der Waals surface area contributed by atoms with Gasteiger partial charge in [-0.3, -0.25) is 0 Å². The van der Waals surface area contributed by atoms with Gasteiger partial charge < -0.3 is 10.2 Å². The van der Waals surface area contributed by atoms with Crippen molar-refractivity contribution in [2.75, 3.05) is 14.1 Å². The van der Waals surface area contributed by atoms with Gasteiger partial charge in [0, 0.05) is 30.7 Å². The Morgan fingerprint density at radius 2 is 2.13 bits per heavy atom. The summed E-state index contributed by atoms with van der Waals surface area (Å²) >= 11 is 11.7. The fraction of sp³-hybridized carbons (Fsp3) is 0.300. The van der Waals surface area contributed by atoms with Crippen LogP contribution in [0.15, 0.2) is 18.2 Å². The first kappa shape index (κ1) is 12.1. The Bertz CT molecular complexity index is 368. The minimum absolute atomic E-state index is 0.152. The third-order valence-corrected chi connectivity index (χ3v) is 2.57. The maximum Gasteiger partial charge on any atom is 0.317 e. The number of halogens is 2. The lowest BCUT2D eigenvalue weighted by atomic mass is 10.2. The molecule has 0 radical (unpaired) electrons. The Kier molecular flexibility index (Phi) is 4.24. The van der Waals surface area contributed by atoms with Crippen molar-refractivity contribution in [1.82, 2.24) is 10.2 Å². The van der Waals surface area contributed by atoms with E-state index in [1.165, 1.54) is 4.90 Å². The summed E-state index contributed by atoms with van der Waals surface area (Å²) in [5.74, 6) is 0. The summed E-state index contributed by atoms with van der Waals surface area (Å²) in [4.78, 5) is 12.8. The molecule has 15 heavy (non-hydrogen) atoms. The van der Waals surface area contributed by atoms with Gasteiger partial charge in [0.05, 0.1) is 0 Å². The van der Waals surface area contributed by atoms with Gasteiger partial charge >= 0.3 is 6.03 Å². The second-order valence-electron chi connectivity index (χ2n) is 3.15. The highest BCUT2D eigenvalue weighted by atomic mass is 35.5. The zero-order valence-corrected chi connectivity index (χ0v) is 10.1. The quantitative estimate of drug-likeness (QED) is 0.856. The maximum atomic E-state index is 11.2. The van der Waals surface area contributed by atoms with E-state index in [9.17, 15) is 4.79 Å². The molecule has 1 N–H and O–H groups in total. The average Bonchev–Trinajstić information content (AvgIpc) is 2.20. The molecule has 0 aliphatic rings. The fourth-order valence-electron chi connectivity index (χ4n) is 1.17. The molecule has 1 rings (SSSR count). The summed E-state index contributed by atoms with van der Waals surface area (Å²) in [6.07, 6.45) is 0. The van der Waals surface area contributed by atoms with Crippen LogP contribution in [0.25, 0.3) is 0 Å². The van der Waals surface area contributed by atoms with E-state index in [4.69, 9.17) is 23.2 Å². The highest BCUT2D eigenvalue weighted by Crippen LogP contribution is 2.21. The smallest absolute Gasteiger partial charge is 0.317 e. The molecule has 0 saturated carbocycles. The number of carbonyl (C=O) groups is 1. The molecule has 0 aliphatic carbocycles. The van der Waals surface area contributed by atoms with Crippen LogP contribution in [0.2, 0.25) is 10.0 Å². The molecule has 3 nitrogen and oxygen atoms in total. The van der Waals surface area contributed by atoms with Crippen molar-refractivity contribution in [3.05, 3.63) is 33.8 Å².